The Labute approximate surface area is 112 Å². The number of ether oxygens (including phenoxy) is 1. The van der Waals surface area contributed by atoms with Crippen molar-refractivity contribution in [3.05, 3.63) is 29.9 Å². The first-order valence-corrected chi connectivity index (χ1v) is 5.47. The van der Waals surface area contributed by atoms with E-state index < -0.39 is 18.5 Å². The fourth-order valence-electron chi connectivity index (χ4n) is 1.31. The predicted octanol–water partition coefficient (Wildman–Crippen LogP) is 0.489. The van der Waals surface area contributed by atoms with Crippen LogP contribution in [0.4, 0.5) is 6.01 Å². The van der Waals surface area contributed by atoms with Crippen LogP contribution < -0.4 is 10.1 Å². The predicted molar refractivity (Wildman–Crippen MR) is 64.4 cm³/mol. The molecule has 20 heavy (non-hydrogen) atoms. The molecule has 0 spiro atoms. The third-order valence-electron chi connectivity index (χ3n) is 2.10. The van der Waals surface area contributed by atoms with E-state index in [0.29, 0.717) is 5.89 Å². The zero-order valence-corrected chi connectivity index (χ0v) is 10.4. The molecule has 2 rings (SSSR count). The molecule has 1 amide bonds. The van der Waals surface area contributed by atoms with Crippen LogP contribution in [-0.2, 0) is 4.79 Å². The van der Waals surface area contributed by atoms with E-state index in [9.17, 15) is 9.59 Å². The Morgan fingerprint density at radius 1 is 1.45 bits per heavy atom. The normalized spacial score (nSPS) is 10.1. The van der Waals surface area contributed by atoms with E-state index in [1.807, 2.05) is 0 Å². The van der Waals surface area contributed by atoms with Gasteiger partial charge in [0.05, 0.1) is 0 Å². The van der Waals surface area contributed by atoms with Crippen LogP contribution in [-0.4, -0.2) is 38.8 Å². The van der Waals surface area contributed by atoms with Crippen molar-refractivity contribution in [1.82, 2.24) is 15.2 Å². The van der Waals surface area contributed by atoms with Gasteiger partial charge < -0.3 is 14.3 Å². The molecule has 0 saturated carbocycles. The summed E-state index contributed by atoms with van der Waals surface area (Å²) in [6.07, 6.45) is 1.32. The van der Waals surface area contributed by atoms with Crippen molar-refractivity contribution < 1.29 is 23.8 Å². The highest BCUT2D eigenvalue weighted by Crippen LogP contribution is 2.15. The third-order valence-corrected chi connectivity index (χ3v) is 2.10. The number of anilines is 1. The number of aromatic carboxylic acids is 1. The second-order valence-corrected chi connectivity index (χ2v) is 3.62. The lowest BCUT2D eigenvalue weighted by Gasteiger charge is -2.07. The van der Waals surface area contributed by atoms with E-state index in [4.69, 9.17) is 14.3 Å². The molecule has 2 N–H and O–H groups in total. The summed E-state index contributed by atoms with van der Waals surface area (Å²) in [7, 11) is 0. The number of carbonyl (C=O) groups is 2. The standard InChI is InChI=1S/C11H10N4O5/c1-6-14-15-11(20-6)13-8(16)5-19-7-3-2-4-12-9(7)10(17)18/h2-4H,5H2,1H3,(H,17,18)(H,13,15,16). The number of amides is 1. The number of nitrogens with one attached hydrogen (secondary N) is 1. The van der Waals surface area contributed by atoms with E-state index in [0.717, 1.165) is 0 Å². The van der Waals surface area contributed by atoms with Crippen molar-refractivity contribution in [2.45, 2.75) is 6.92 Å². The van der Waals surface area contributed by atoms with Gasteiger partial charge >= 0.3 is 12.0 Å². The molecule has 0 unspecified atom stereocenters. The maximum atomic E-state index is 11.5. The van der Waals surface area contributed by atoms with Crippen LogP contribution in [0.5, 0.6) is 5.75 Å². The first kappa shape index (κ1) is 13.5. The number of aromatic nitrogens is 3. The average molecular weight is 278 g/mol. The SMILES string of the molecule is Cc1nnc(NC(=O)COc2cccnc2C(=O)O)o1. The third kappa shape index (κ3) is 3.28. The van der Waals surface area contributed by atoms with Crippen LogP contribution in [0.25, 0.3) is 0 Å². The molecular weight excluding hydrogens is 268 g/mol. The lowest BCUT2D eigenvalue weighted by Crippen LogP contribution is -2.21. The molecule has 2 aromatic rings. The molecule has 9 nitrogen and oxygen atoms in total. The van der Waals surface area contributed by atoms with Crippen LogP contribution in [0.2, 0.25) is 0 Å². The lowest BCUT2D eigenvalue weighted by atomic mass is 10.3. The highest BCUT2D eigenvalue weighted by atomic mass is 16.5. The Balaban J connectivity index is 1.95. The molecule has 2 heterocycles. The molecule has 0 aliphatic heterocycles. The van der Waals surface area contributed by atoms with Crippen LogP contribution in [0.1, 0.15) is 16.4 Å². The number of rotatable bonds is 5. The molecular formula is C11H10N4O5. The maximum Gasteiger partial charge on any atom is 0.358 e. The topological polar surface area (TPSA) is 127 Å². The first-order chi connectivity index (χ1) is 9.56. The van der Waals surface area contributed by atoms with Crippen molar-refractivity contribution in [1.29, 1.82) is 0 Å². The van der Waals surface area contributed by atoms with Crippen molar-refractivity contribution in [3.63, 3.8) is 0 Å². The highest BCUT2D eigenvalue weighted by Gasteiger charge is 2.14. The van der Waals surface area contributed by atoms with E-state index in [2.05, 4.69) is 20.5 Å². The average Bonchev–Trinajstić information content (AvgIpc) is 2.82. The summed E-state index contributed by atoms with van der Waals surface area (Å²) in [6.45, 7) is 1.17. The molecule has 0 fully saturated rings. The number of carboxylic acids is 1. The zero-order valence-electron chi connectivity index (χ0n) is 10.4. The number of carboxylic acid groups (broad SMARTS) is 1. The van der Waals surface area contributed by atoms with Gasteiger partial charge in [-0.2, -0.15) is 0 Å². The highest BCUT2D eigenvalue weighted by molar-refractivity contribution is 5.91. The molecule has 0 atom stereocenters. The molecule has 0 bridgehead atoms. The fraction of sp³-hybridized carbons (Fsp3) is 0.182. The zero-order chi connectivity index (χ0) is 14.5. The summed E-state index contributed by atoms with van der Waals surface area (Å²) in [5.41, 5.74) is -0.270. The molecule has 2 aromatic heterocycles. The Morgan fingerprint density at radius 2 is 2.25 bits per heavy atom. The molecule has 0 aromatic carbocycles. The van der Waals surface area contributed by atoms with E-state index in [-0.39, 0.29) is 17.5 Å². The smallest absolute Gasteiger partial charge is 0.358 e. The summed E-state index contributed by atoms with van der Waals surface area (Å²) in [5, 5.41) is 18.3. The Morgan fingerprint density at radius 3 is 2.90 bits per heavy atom. The van der Waals surface area contributed by atoms with Crippen molar-refractivity contribution in [2.24, 2.45) is 0 Å². The molecule has 9 heteroatoms. The van der Waals surface area contributed by atoms with Crippen molar-refractivity contribution in [3.8, 4) is 5.75 Å². The van der Waals surface area contributed by atoms with Gasteiger partial charge in [0.2, 0.25) is 5.89 Å². The number of hydrogen-bond donors (Lipinski definition) is 2. The first-order valence-electron chi connectivity index (χ1n) is 5.47. The number of nitrogens with zero attached hydrogens (tertiary/aromatic N) is 3. The largest absolute Gasteiger partial charge is 0.481 e. The second-order valence-electron chi connectivity index (χ2n) is 3.62. The van der Waals surface area contributed by atoms with E-state index in [1.165, 1.54) is 18.3 Å². The Bertz CT molecular complexity index is 639. The molecule has 0 aliphatic rings. The maximum absolute atomic E-state index is 11.5. The van der Waals surface area contributed by atoms with Gasteiger partial charge in [0.15, 0.2) is 18.1 Å². The number of hydrogen-bond acceptors (Lipinski definition) is 7. The van der Waals surface area contributed by atoms with Crippen molar-refractivity contribution in [2.75, 3.05) is 11.9 Å². The summed E-state index contributed by atoms with van der Waals surface area (Å²) >= 11 is 0. The van der Waals surface area contributed by atoms with E-state index in [1.54, 1.807) is 6.92 Å². The lowest BCUT2D eigenvalue weighted by molar-refractivity contribution is -0.118. The monoisotopic (exact) mass is 278 g/mol. The minimum atomic E-state index is -1.24. The summed E-state index contributed by atoms with van der Waals surface area (Å²) < 4.78 is 10.0. The molecule has 0 saturated heterocycles. The molecule has 104 valence electrons. The van der Waals surface area contributed by atoms with Crippen LogP contribution >= 0.6 is 0 Å². The van der Waals surface area contributed by atoms with Gasteiger partial charge in [0.1, 0.15) is 0 Å². The van der Waals surface area contributed by atoms with Gasteiger partial charge in [-0.3, -0.25) is 10.1 Å². The fourth-order valence-corrected chi connectivity index (χ4v) is 1.31. The Kier molecular flexibility index (Phi) is 3.89. The van der Waals surface area contributed by atoms with Gasteiger partial charge in [-0.05, 0) is 12.1 Å². The van der Waals surface area contributed by atoms with Crippen LogP contribution in [0.15, 0.2) is 22.7 Å². The molecule has 0 radical (unpaired) electrons. The van der Waals surface area contributed by atoms with Gasteiger partial charge in [-0.25, -0.2) is 9.78 Å². The second kappa shape index (κ2) is 5.78. The summed E-state index contributed by atoms with van der Waals surface area (Å²) in [4.78, 5) is 26.1. The summed E-state index contributed by atoms with van der Waals surface area (Å²) in [5.74, 6) is -1.50. The van der Waals surface area contributed by atoms with Crippen molar-refractivity contribution >= 4 is 17.9 Å². The quantitative estimate of drug-likeness (QED) is 0.808. The number of carbonyl (C=O) groups excluding carboxylic acids is 1. The summed E-state index contributed by atoms with van der Waals surface area (Å²) in [6, 6.07) is 2.85. The van der Waals surface area contributed by atoms with Crippen LogP contribution in [0, 0.1) is 6.92 Å². The molecule has 0 aliphatic carbocycles. The van der Waals surface area contributed by atoms with Gasteiger partial charge in [0, 0.05) is 13.1 Å². The Hall–Kier alpha value is -2.97. The van der Waals surface area contributed by atoms with Crippen LogP contribution in [0.3, 0.4) is 0 Å². The minimum absolute atomic E-state index is 0.00291. The van der Waals surface area contributed by atoms with Gasteiger partial charge in [-0.1, -0.05) is 5.10 Å². The van der Waals surface area contributed by atoms with E-state index >= 15 is 0 Å². The van der Waals surface area contributed by atoms with Gasteiger partial charge in [0.25, 0.3) is 5.91 Å². The number of pyridine rings is 1. The minimum Gasteiger partial charge on any atom is -0.481 e. The number of aryl methyl sites for hydroxylation is 1. The van der Waals surface area contributed by atoms with Gasteiger partial charge in [-0.15, -0.1) is 5.10 Å².